The minimum Gasteiger partial charge on any atom is -0.300 e. The van der Waals surface area contributed by atoms with Crippen LogP contribution in [0.15, 0.2) is 36.0 Å². The molecular weight excluding hydrogens is 204 g/mol. The van der Waals surface area contributed by atoms with Gasteiger partial charge in [0.1, 0.15) is 5.78 Å². The van der Waals surface area contributed by atoms with Crippen molar-refractivity contribution in [3.63, 3.8) is 0 Å². The molecule has 0 atom stereocenters. The average Bonchev–Trinajstić information content (AvgIpc) is 2.21. The summed E-state index contributed by atoms with van der Waals surface area (Å²) >= 11 is 4.17. The van der Waals surface area contributed by atoms with Crippen molar-refractivity contribution in [2.24, 2.45) is 0 Å². The van der Waals surface area contributed by atoms with Crippen molar-refractivity contribution < 1.29 is 4.79 Å². The van der Waals surface area contributed by atoms with Crippen LogP contribution in [0.5, 0.6) is 0 Å². The molecule has 0 radical (unpaired) electrons. The Morgan fingerprint density at radius 2 is 1.87 bits per heavy atom. The Morgan fingerprint density at radius 3 is 2.33 bits per heavy atom. The van der Waals surface area contributed by atoms with Gasteiger partial charge in [-0.25, -0.2) is 0 Å². The maximum Gasteiger partial charge on any atom is 0.130 e. The number of hydrogen-bond acceptors (Lipinski definition) is 2. The molecule has 0 amide bonds. The monoisotopic (exact) mass is 224 g/mol. The summed E-state index contributed by atoms with van der Waals surface area (Å²) in [5, 5.41) is 0. The number of thiol groups is 1. The maximum absolute atomic E-state index is 10.8. The van der Waals surface area contributed by atoms with Crippen LogP contribution in [-0.4, -0.2) is 11.5 Å². The van der Waals surface area contributed by atoms with Gasteiger partial charge in [0.2, 0.25) is 0 Å². The van der Waals surface area contributed by atoms with Crippen molar-refractivity contribution in [1.82, 2.24) is 0 Å². The summed E-state index contributed by atoms with van der Waals surface area (Å²) in [6.07, 6.45) is 8.37. The van der Waals surface area contributed by atoms with Crippen LogP contribution in [0.1, 0.15) is 33.1 Å². The lowest BCUT2D eigenvalue weighted by Gasteiger charge is -1.99. The van der Waals surface area contributed by atoms with E-state index >= 15 is 0 Å². The summed E-state index contributed by atoms with van der Waals surface area (Å²) < 4.78 is 0. The van der Waals surface area contributed by atoms with Gasteiger partial charge in [0.25, 0.3) is 0 Å². The number of Topliss-reactive ketones (excluding diaryl/α,β-unsaturated/α-hetero) is 1. The molecule has 0 fully saturated rings. The summed E-state index contributed by atoms with van der Waals surface area (Å²) in [7, 11) is 0. The van der Waals surface area contributed by atoms with Crippen LogP contribution in [0, 0.1) is 0 Å². The highest BCUT2D eigenvalue weighted by atomic mass is 32.1. The summed E-state index contributed by atoms with van der Waals surface area (Å²) in [4.78, 5) is 10.8. The molecule has 15 heavy (non-hydrogen) atoms. The van der Waals surface area contributed by atoms with E-state index in [4.69, 9.17) is 0 Å². The van der Waals surface area contributed by atoms with Crippen molar-refractivity contribution in [2.75, 3.05) is 5.75 Å². The molecule has 0 aromatic heterocycles. The third-order valence-electron chi connectivity index (χ3n) is 2.12. The maximum atomic E-state index is 10.8. The molecule has 1 nitrogen and oxygen atoms in total. The first-order chi connectivity index (χ1) is 7.10. The molecule has 0 spiro atoms. The minimum atomic E-state index is 0.242. The van der Waals surface area contributed by atoms with Gasteiger partial charge in [0.05, 0.1) is 0 Å². The Hall–Kier alpha value is -0.760. The zero-order valence-corrected chi connectivity index (χ0v) is 10.5. The molecule has 0 rings (SSSR count). The molecule has 0 aliphatic rings. The van der Waals surface area contributed by atoms with E-state index in [-0.39, 0.29) is 5.78 Å². The zero-order chi connectivity index (χ0) is 11.7. The molecule has 0 bridgehead atoms. The van der Waals surface area contributed by atoms with Gasteiger partial charge in [-0.15, -0.1) is 0 Å². The second-order valence-electron chi connectivity index (χ2n) is 3.63. The predicted octanol–water partition coefficient (Wildman–Crippen LogP) is 3.73. The first kappa shape index (κ1) is 14.2. The van der Waals surface area contributed by atoms with Crippen molar-refractivity contribution in [3.8, 4) is 0 Å². The minimum absolute atomic E-state index is 0.242. The van der Waals surface area contributed by atoms with E-state index in [0.717, 1.165) is 18.6 Å². The number of hydrogen-bond donors (Lipinski definition) is 1. The molecule has 0 unspecified atom stereocenters. The second kappa shape index (κ2) is 8.54. The highest BCUT2D eigenvalue weighted by Gasteiger charge is 1.94. The van der Waals surface area contributed by atoms with Crippen molar-refractivity contribution >= 4 is 18.4 Å². The smallest absolute Gasteiger partial charge is 0.130 e. The van der Waals surface area contributed by atoms with E-state index in [1.807, 2.05) is 13.0 Å². The number of carbonyl (C=O) groups is 1. The number of allylic oxidation sites excluding steroid dienone is 5. The molecule has 0 aromatic carbocycles. The second-order valence-corrected chi connectivity index (χ2v) is 4.08. The van der Waals surface area contributed by atoms with Crippen molar-refractivity contribution in [1.29, 1.82) is 0 Å². The third-order valence-corrected chi connectivity index (χ3v) is 2.34. The van der Waals surface area contributed by atoms with Crippen LogP contribution in [-0.2, 0) is 4.79 Å². The van der Waals surface area contributed by atoms with Crippen LogP contribution in [0.2, 0.25) is 0 Å². The number of ketones is 1. The lowest BCUT2D eigenvalue weighted by atomic mass is 10.1. The summed E-state index contributed by atoms with van der Waals surface area (Å²) in [5.74, 6) is 1.07. The van der Waals surface area contributed by atoms with Gasteiger partial charge in [0.15, 0.2) is 0 Å². The lowest BCUT2D eigenvalue weighted by Crippen LogP contribution is -1.89. The van der Waals surface area contributed by atoms with Gasteiger partial charge in [0, 0.05) is 6.42 Å². The Morgan fingerprint density at radius 1 is 1.20 bits per heavy atom. The van der Waals surface area contributed by atoms with Crippen LogP contribution < -0.4 is 0 Å². The normalized spacial score (nSPS) is 12.7. The highest BCUT2D eigenvalue weighted by molar-refractivity contribution is 7.80. The van der Waals surface area contributed by atoms with Gasteiger partial charge in [-0.2, -0.15) is 12.6 Å². The molecule has 0 aliphatic heterocycles. The van der Waals surface area contributed by atoms with Crippen LogP contribution in [0.4, 0.5) is 0 Å². The van der Waals surface area contributed by atoms with Gasteiger partial charge in [-0.3, -0.25) is 0 Å². The topological polar surface area (TPSA) is 17.1 Å². The molecular formula is C13H20OS. The standard InChI is InChI=1S/C13H20OS/c1-4-13(9-10-15)8-6-11(2)5-7-12(3)14/h4,6,8,15H,1,5,7,9-10H2,2-3H3/b11-6+,13-8+. The molecule has 84 valence electrons. The molecule has 0 aromatic rings. The van der Waals surface area contributed by atoms with E-state index in [1.165, 1.54) is 11.1 Å². The van der Waals surface area contributed by atoms with Gasteiger partial charge >= 0.3 is 0 Å². The lowest BCUT2D eigenvalue weighted by molar-refractivity contribution is -0.116. The molecule has 0 saturated heterocycles. The first-order valence-corrected chi connectivity index (χ1v) is 5.82. The highest BCUT2D eigenvalue weighted by Crippen LogP contribution is 2.08. The average molecular weight is 224 g/mol. The summed E-state index contributed by atoms with van der Waals surface area (Å²) in [6, 6.07) is 0. The van der Waals surface area contributed by atoms with E-state index < -0.39 is 0 Å². The zero-order valence-electron chi connectivity index (χ0n) is 9.62. The van der Waals surface area contributed by atoms with E-state index in [0.29, 0.717) is 6.42 Å². The first-order valence-electron chi connectivity index (χ1n) is 5.19. The van der Waals surface area contributed by atoms with Gasteiger partial charge < -0.3 is 4.79 Å². The Kier molecular flexibility index (Phi) is 8.11. The van der Waals surface area contributed by atoms with Crippen molar-refractivity contribution in [3.05, 3.63) is 36.0 Å². The largest absolute Gasteiger partial charge is 0.300 e. The molecule has 0 N–H and O–H groups in total. The molecule has 0 aliphatic carbocycles. The Bertz CT molecular complexity index is 274. The van der Waals surface area contributed by atoms with E-state index in [9.17, 15) is 4.79 Å². The third kappa shape index (κ3) is 8.25. The van der Waals surface area contributed by atoms with Gasteiger partial charge in [-0.05, 0) is 38.0 Å². The summed E-state index contributed by atoms with van der Waals surface area (Å²) in [5.41, 5.74) is 2.41. The summed E-state index contributed by atoms with van der Waals surface area (Å²) in [6.45, 7) is 7.41. The fourth-order valence-electron chi connectivity index (χ4n) is 1.09. The number of rotatable bonds is 7. The fourth-order valence-corrected chi connectivity index (χ4v) is 1.35. The fraction of sp³-hybridized carbons (Fsp3) is 0.462. The SMILES string of the molecule is C=C/C(=C\C=C(/C)CCC(C)=O)CCS. The van der Waals surface area contributed by atoms with E-state index in [2.05, 4.69) is 31.4 Å². The van der Waals surface area contributed by atoms with Crippen LogP contribution in [0.3, 0.4) is 0 Å². The van der Waals surface area contributed by atoms with Crippen LogP contribution in [0.25, 0.3) is 0 Å². The van der Waals surface area contributed by atoms with Crippen LogP contribution >= 0.6 is 12.6 Å². The quantitative estimate of drug-likeness (QED) is 0.515. The molecule has 0 saturated carbocycles. The Labute approximate surface area is 98.4 Å². The van der Waals surface area contributed by atoms with E-state index in [1.54, 1.807) is 6.92 Å². The number of carbonyl (C=O) groups excluding carboxylic acids is 1. The molecule has 0 heterocycles. The van der Waals surface area contributed by atoms with Gasteiger partial charge in [-0.1, -0.05) is 30.4 Å². The van der Waals surface area contributed by atoms with Crippen molar-refractivity contribution in [2.45, 2.75) is 33.1 Å². The Balaban J connectivity index is 4.21. The predicted molar refractivity (Wildman–Crippen MR) is 70.4 cm³/mol. The molecule has 2 heteroatoms.